The van der Waals surface area contributed by atoms with Gasteiger partial charge in [-0.3, -0.25) is 0 Å². The quantitative estimate of drug-likeness (QED) is 0.600. The highest BCUT2D eigenvalue weighted by molar-refractivity contribution is 4.86. The molecule has 0 aliphatic heterocycles. The van der Waals surface area contributed by atoms with E-state index in [1.165, 1.54) is 25.7 Å². The van der Waals surface area contributed by atoms with Gasteiger partial charge in [-0.05, 0) is 18.8 Å². The van der Waals surface area contributed by atoms with Crippen LogP contribution in [0.4, 0.5) is 0 Å². The summed E-state index contributed by atoms with van der Waals surface area (Å²) >= 11 is 0. The van der Waals surface area contributed by atoms with Crippen LogP contribution in [0.15, 0.2) is 0 Å². The number of nitrogens with two attached hydrogens (primary N) is 1. The first kappa shape index (κ1) is 12.5. The highest BCUT2D eigenvalue weighted by atomic mass is 14.6. The highest BCUT2D eigenvalue weighted by Crippen LogP contribution is 2.18. The second-order valence-electron chi connectivity index (χ2n) is 3.72. The minimum Gasteiger partial charge on any atom is -0.327 e. The summed E-state index contributed by atoms with van der Waals surface area (Å²) < 4.78 is 0. The minimum atomic E-state index is 0.313. The molecule has 0 saturated carbocycles. The zero-order valence-electron chi connectivity index (χ0n) is 9.05. The number of unbranched alkanes of at least 4 members (excludes halogenated alkanes) is 1. The molecule has 0 heterocycles. The van der Waals surface area contributed by atoms with Gasteiger partial charge in [0.15, 0.2) is 0 Å². The Hall–Kier alpha value is -0.480. The third-order valence-electron chi connectivity index (χ3n) is 2.68. The lowest BCUT2D eigenvalue weighted by molar-refractivity contribution is 0.358. The Bertz CT molecular complexity index is 146. The SMILES string of the molecule is C#CCCC(N)C(CC)CCCC. The van der Waals surface area contributed by atoms with Gasteiger partial charge in [0.05, 0.1) is 0 Å². The monoisotopic (exact) mass is 181 g/mol. The average molecular weight is 181 g/mol. The maximum atomic E-state index is 6.06. The second kappa shape index (κ2) is 8.13. The maximum absolute atomic E-state index is 6.06. The Morgan fingerprint density at radius 1 is 1.31 bits per heavy atom. The van der Waals surface area contributed by atoms with Gasteiger partial charge in [-0.25, -0.2) is 0 Å². The van der Waals surface area contributed by atoms with Crippen LogP contribution in [0.25, 0.3) is 0 Å². The fraction of sp³-hybridized carbons (Fsp3) is 0.833. The van der Waals surface area contributed by atoms with Gasteiger partial charge in [-0.15, -0.1) is 12.3 Å². The summed E-state index contributed by atoms with van der Waals surface area (Å²) in [6.07, 6.45) is 12.0. The van der Waals surface area contributed by atoms with Gasteiger partial charge in [-0.1, -0.05) is 33.1 Å². The first-order chi connectivity index (χ1) is 6.26. The lowest BCUT2D eigenvalue weighted by Crippen LogP contribution is -2.29. The van der Waals surface area contributed by atoms with Crippen LogP contribution < -0.4 is 5.73 Å². The summed E-state index contributed by atoms with van der Waals surface area (Å²) in [6.45, 7) is 4.44. The molecule has 0 aromatic rings. The second-order valence-corrected chi connectivity index (χ2v) is 3.72. The van der Waals surface area contributed by atoms with Gasteiger partial charge in [0.1, 0.15) is 0 Å². The number of rotatable bonds is 7. The third kappa shape index (κ3) is 5.71. The van der Waals surface area contributed by atoms with Crippen molar-refractivity contribution >= 4 is 0 Å². The number of hydrogen-bond donors (Lipinski definition) is 1. The number of hydrogen-bond acceptors (Lipinski definition) is 1. The molecule has 2 unspecified atom stereocenters. The Morgan fingerprint density at radius 3 is 2.46 bits per heavy atom. The third-order valence-corrected chi connectivity index (χ3v) is 2.68. The molecule has 1 nitrogen and oxygen atoms in total. The van der Waals surface area contributed by atoms with E-state index in [0.29, 0.717) is 12.0 Å². The molecule has 76 valence electrons. The molecule has 2 N–H and O–H groups in total. The van der Waals surface area contributed by atoms with Gasteiger partial charge >= 0.3 is 0 Å². The Balaban J connectivity index is 3.71. The zero-order chi connectivity index (χ0) is 10.1. The van der Waals surface area contributed by atoms with Crippen molar-refractivity contribution in [1.82, 2.24) is 0 Å². The molecule has 0 spiro atoms. The normalized spacial score (nSPS) is 14.9. The van der Waals surface area contributed by atoms with Gasteiger partial charge in [-0.2, -0.15) is 0 Å². The van der Waals surface area contributed by atoms with E-state index in [1.54, 1.807) is 0 Å². The minimum absolute atomic E-state index is 0.313. The molecule has 0 aliphatic carbocycles. The summed E-state index contributed by atoms with van der Waals surface area (Å²) in [4.78, 5) is 0. The Kier molecular flexibility index (Phi) is 7.83. The molecule has 13 heavy (non-hydrogen) atoms. The van der Waals surface area contributed by atoms with Gasteiger partial charge in [0.25, 0.3) is 0 Å². The van der Waals surface area contributed by atoms with E-state index in [4.69, 9.17) is 12.2 Å². The zero-order valence-corrected chi connectivity index (χ0v) is 9.05. The van der Waals surface area contributed by atoms with E-state index in [9.17, 15) is 0 Å². The van der Waals surface area contributed by atoms with Crippen molar-refractivity contribution in [2.75, 3.05) is 0 Å². The van der Waals surface area contributed by atoms with E-state index in [2.05, 4.69) is 19.8 Å². The van der Waals surface area contributed by atoms with Crippen molar-refractivity contribution in [1.29, 1.82) is 0 Å². The first-order valence-electron chi connectivity index (χ1n) is 5.45. The maximum Gasteiger partial charge on any atom is 0.0101 e. The lowest BCUT2D eigenvalue weighted by atomic mass is 9.89. The van der Waals surface area contributed by atoms with Gasteiger partial charge in [0.2, 0.25) is 0 Å². The molecule has 0 rings (SSSR count). The van der Waals surface area contributed by atoms with Crippen LogP contribution in [0.1, 0.15) is 52.4 Å². The van der Waals surface area contributed by atoms with E-state index in [-0.39, 0.29) is 0 Å². The van der Waals surface area contributed by atoms with Crippen molar-refractivity contribution in [3.63, 3.8) is 0 Å². The van der Waals surface area contributed by atoms with Crippen LogP contribution >= 0.6 is 0 Å². The van der Waals surface area contributed by atoms with Crippen LogP contribution in [0.5, 0.6) is 0 Å². The van der Waals surface area contributed by atoms with E-state index < -0.39 is 0 Å². The number of terminal acetylenes is 1. The molecule has 0 aromatic carbocycles. The van der Waals surface area contributed by atoms with Crippen LogP contribution in [0, 0.1) is 18.3 Å². The summed E-state index contributed by atoms with van der Waals surface area (Å²) in [7, 11) is 0. The Labute approximate surface area is 83.1 Å². The van der Waals surface area contributed by atoms with Crippen molar-refractivity contribution in [3.8, 4) is 12.3 Å². The Morgan fingerprint density at radius 2 is 2.00 bits per heavy atom. The summed E-state index contributed by atoms with van der Waals surface area (Å²) in [6, 6.07) is 0.313. The molecule has 0 fully saturated rings. The molecule has 0 aliphatic rings. The van der Waals surface area contributed by atoms with Crippen molar-refractivity contribution in [2.45, 2.75) is 58.4 Å². The predicted octanol–water partition coefficient (Wildman–Crippen LogP) is 2.94. The fourth-order valence-electron chi connectivity index (χ4n) is 1.67. The van der Waals surface area contributed by atoms with Crippen molar-refractivity contribution in [2.24, 2.45) is 11.7 Å². The summed E-state index contributed by atoms with van der Waals surface area (Å²) in [5.41, 5.74) is 6.06. The molecule has 2 atom stereocenters. The largest absolute Gasteiger partial charge is 0.327 e. The van der Waals surface area contributed by atoms with Crippen LogP contribution in [-0.4, -0.2) is 6.04 Å². The molecule has 0 saturated heterocycles. The van der Waals surface area contributed by atoms with Crippen LogP contribution in [-0.2, 0) is 0 Å². The molecular formula is C12H23N. The van der Waals surface area contributed by atoms with Gasteiger partial charge in [0, 0.05) is 12.5 Å². The molecule has 0 bridgehead atoms. The smallest absolute Gasteiger partial charge is 0.0101 e. The standard InChI is InChI=1S/C12H23N/c1-4-7-9-11(6-3)12(13)10-8-5-2/h2,11-12H,4,6-10,13H2,1,3H3. The van der Waals surface area contributed by atoms with E-state index >= 15 is 0 Å². The average Bonchev–Trinajstić information content (AvgIpc) is 2.16. The van der Waals surface area contributed by atoms with Gasteiger partial charge < -0.3 is 5.73 Å². The summed E-state index contributed by atoms with van der Waals surface area (Å²) in [5.74, 6) is 3.33. The molecule has 0 radical (unpaired) electrons. The van der Waals surface area contributed by atoms with Crippen molar-refractivity contribution in [3.05, 3.63) is 0 Å². The first-order valence-corrected chi connectivity index (χ1v) is 5.45. The van der Waals surface area contributed by atoms with Crippen molar-refractivity contribution < 1.29 is 0 Å². The predicted molar refractivity (Wildman–Crippen MR) is 59.3 cm³/mol. The van der Waals surface area contributed by atoms with Crippen LogP contribution in [0.2, 0.25) is 0 Å². The van der Waals surface area contributed by atoms with E-state index in [1.807, 2.05) is 0 Å². The molecule has 0 aromatic heterocycles. The molecule has 0 amide bonds. The lowest BCUT2D eigenvalue weighted by Gasteiger charge is -2.21. The highest BCUT2D eigenvalue weighted by Gasteiger charge is 2.14. The topological polar surface area (TPSA) is 26.0 Å². The van der Waals surface area contributed by atoms with E-state index in [0.717, 1.165) is 12.8 Å². The molecular weight excluding hydrogens is 158 g/mol. The van der Waals surface area contributed by atoms with Crippen LogP contribution in [0.3, 0.4) is 0 Å². The molecule has 1 heteroatoms. The summed E-state index contributed by atoms with van der Waals surface area (Å²) in [5, 5.41) is 0. The fourth-order valence-corrected chi connectivity index (χ4v) is 1.67.